The van der Waals surface area contributed by atoms with Crippen LogP contribution in [-0.2, 0) is 10.0 Å². The maximum absolute atomic E-state index is 13.2. The van der Waals surface area contributed by atoms with E-state index in [1.807, 2.05) is 4.90 Å². The first-order valence-corrected chi connectivity index (χ1v) is 13.6. The number of sulfonamides is 1. The predicted molar refractivity (Wildman–Crippen MR) is 132 cm³/mol. The van der Waals surface area contributed by atoms with E-state index in [9.17, 15) is 13.2 Å². The van der Waals surface area contributed by atoms with Crippen LogP contribution in [0, 0.1) is 11.8 Å². The summed E-state index contributed by atoms with van der Waals surface area (Å²) in [6.07, 6.45) is 4.61. The van der Waals surface area contributed by atoms with Gasteiger partial charge < -0.3 is 9.80 Å². The average molecular weight is 490 g/mol. The summed E-state index contributed by atoms with van der Waals surface area (Å²) in [4.78, 5) is 17.7. The molecule has 2 aromatic carbocycles. The van der Waals surface area contributed by atoms with Gasteiger partial charge in [0.05, 0.1) is 15.6 Å². The Labute approximate surface area is 202 Å². The number of nitrogens with one attached hydrogen (secondary N) is 1. The third-order valence-electron chi connectivity index (χ3n) is 6.71. The molecule has 1 N–H and O–H groups in total. The summed E-state index contributed by atoms with van der Waals surface area (Å²) < 4.78 is 28.3. The minimum atomic E-state index is -3.87. The molecule has 4 rings (SSSR count). The molecular weight excluding hydrogens is 458 g/mol. The van der Waals surface area contributed by atoms with Crippen LogP contribution in [0.4, 0.5) is 5.69 Å². The molecule has 1 amide bonds. The lowest BCUT2D eigenvalue weighted by Crippen LogP contribution is -2.45. The van der Waals surface area contributed by atoms with Crippen LogP contribution in [0.15, 0.2) is 53.4 Å². The van der Waals surface area contributed by atoms with Crippen LogP contribution in [0.2, 0.25) is 5.02 Å². The van der Waals surface area contributed by atoms with Crippen LogP contribution in [-0.4, -0.2) is 56.8 Å². The maximum atomic E-state index is 13.2. The summed E-state index contributed by atoms with van der Waals surface area (Å²) in [5, 5.41) is 0.316. The van der Waals surface area contributed by atoms with Gasteiger partial charge in [-0.05, 0) is 80.9 Å². The van der Waals surface area contributed by atoms with Crippen molar-refractivity contribution in [3.8, 4) is 0 Å². The quantitative estimate of drug-likeness (QED) is 0.637. The molecule has 0 radical (unpaired) electrons. The summed E-state index contributed by atoms with van der Waals surface area (Å²) in [6.45, 7) is 7.07. The number of amides is 1. The molecule has 0 aliphatic carbocycles. The molecule has 2 aliphatic heterocycles. The molecule has 0 bridgehead atoms. The Hall–Kier alpha value is -2.09. The molecule has 8 heteroatoms. The molecule has 6 nitrogen and oxygen atoms in total. The minimum Gasteiger partial charge on any atom is -0.338 e. The zero-order chi connectivity index (χ0) is 23.4. The lowest BCUT2D eigenvalue weighted by atomic mass is 9.94. The van der Waals surface area contributed by atoms with Crippen molar-refractivity contribution in [2.75, 3.05) is 37.4 Å². The number of halogens is 1. The molecule has 0 saturated carbocycles. The van der Waals surface area contributed by atoms with Gasteiger partial charge in [0, 0.05) is 25.2 Å². The molecule has 0 spiro atoms. The third kappa shape index (κ3) is 6.08. The third-order valence-corrected chi connectivity index (χ3v) is 8.40. The van der Waals surface area contributed by atoms with E-state index in [0.717, 1.165) is 44.9 Å². The van der Waals surface area contributed by atoms with Crippen molar-refractivity contribution in [1.29, 1.82) is 0 Å². The van der Waals surface area contributed by atoms with Crippen molar-refractivity contribution in [2.24, 2.45) is 11.8 Å². The van der Waals surface area contributed by atoms with E-state index >= 15 is 0 Å². The largest absolute Gasteiger partial charge is 0.338 e. The van der Waals surface area contributed by atoms with Crippen molar-refractivity contribution < 1.29 is 13.2 Å². The average Bonchev–Trinajstić information content (AvgIpc) is 2.82. The van der Waals surface area contributed by atoms with Gasteiger partial charge >= 0.3 is 0 Å². The number of hydrogen-bond acceptors (Lipinski definition) is 4. The molecule has 2 heterocycles. The molecule has 2 aromatic rings. The van der Waals surface area contributed by atoms with Crippen LogP contribution in [0.25, 0.3) is 0 Å². The predicted octanol–water partition coefficient (Wildman–Crippen LogP) is 4.72. The molecule has 2 fully saturated rings. The van der Waals surface area contributed by atoms with E-state index in [2.05, 4.69) is 16.5 Å². The molecule has 1 unspecified atom stereocenters. The number of hydrogen-bond donors (Lipinski definition) is 1. The van der Waals surface area contributed by atoms with Crippen LogP contribution < -0.4 is 4.72 Å². The first-order valence-electron chi connectivity index (χ1n) is 11.7. The van der Waals surface area contributed by atoms with Gasteiger partial charge in [0.2, 0.25) is 0 Å². The summed E-state index contributed by atoms with van der Waals surface area (Å²) in [6, 6.07) is 12.9. The van der Waals surface area contributed by atoms with Crippen LogP contribution in [0.5, 0.6) is 0 Å². The highest BCUT2D eigenvalue weighted by Crippen LogP contribution is 2.26. The van der Waals surface area contributed by atoms with Gasteiger partial charge in [0.25, 0.3) is 15.9 Å². The van der Waals surface area contributed by atoms with E-state index in [1.165, 1.54) is 25.0 Å². The Kier molecular flexibility index (Phi) is 7.62. The van der Waals surface area contributed by atoms with Gasteiger partial charge in [-0.3, -0.25) is 9.52 Å². The molecule has 0 aromatic heterocycles. The van der Waals surface area contributed by atoms with Crippen molar-refractivity contribution in [3.05, 3.63) is 59.1 Å². The highest BCUT2D eigenvalue weighted by Gasteiger charge is 2.28. The summed E-state index contributed by atoms with van der Waals surface area (Å²) in [7, 11) is -3.87. The fourth-order valence-electron chi connectivity index (χ4n) is 4.73. The number of anilines is 1. The zero-order valence-electron chi connectivity index (χ0n) is 19.0. The van der Waals surface area contributed by atoms with E-state index in [4.69, 9.17) is 11.6 Å². The van der Waals surface area contributed by atoms with Gasteiger partial charge in [-0.1, -0.05) is 36.7 Å². The number of benzene rings is 2. The Balaban J connectivity index is 1.43. The topological polar surface area (TPSA) is 69.7 Å². The van der Waals surface area contributed by atoms with Crippen molar-refractivity contribution in [3.63, 3.8) is 0 Å². The monoisotopic (exact) mass is 489 g/mol. The summed E-state index contributed by atoms with van der Waals surface area (Å²) >= 11 is 6.10. The SMILES string of the molecule is CC1CCN(CC2CCCN(C(=O)c3cccc(S(=O)(=O)Nc4ccccc4Cl)c3)C2)CC1. The smallest absolute Gasteiger partial charge is 0.261 e. The molecule has 2 saturated heterocycles. The lowest BCUT2D eigenvalue weighted by molar-refractivity contribution is 0.0622. The second-order valence-electron chi connectivity index (χ2n) is 9.36. The molecule has 33 heavy (non-hydrogen) atoms. The van der Waals surface area contributed by atoms with Gasteiger partial charge in [0.1, 0.15) is 0 Å². The molecule has 2 aliphatic rings. The van der Waals surface area contributed by atoms with Crippen LogP contribution in [0.3, 0.4) is 0 Å². The highest BCUT2D eigenvalue weighted by molar-refractivity contribution is 7.92. The number of carbonyl (C=O) groups excluding carboxylic acids is 1. The second kappa shape index (κ2) is 10.5. The minimum absolute atomic E-state index is 0.0456. The fourth-order valence-corrected chi connectivity index (χ4v) is 6.10. The highest BCUT2D eigenvalue weighted by atomic mass is 35.5. The van der Waals surface area contributed by atoms with E-state index in [0.29, 0.717) is 28.7 Å². The summed E-state index contributed by atoms with van der Waals surface area (Å²) in [5.41, 5.74) is 0.700. The Morgan fingerprint density at radius 3 is 2.58 bits per heavy atom. The Bertz CT molecular complexity index is 1080. The van der Waals surface area contributed by atoms with Gasteiger partial charge in [-0.15, -0.1) is 0 Å². The second-order valence-corrected chi connectivity index (χ2v) is 11.4. The Morgan fingerprint density at radius 1 is 1.06 bits per heavy atom. The van der Waals surface area contributed by atoms with E-state index in [1.54, 1.807) is 36.4 Å². The standard InChI is InChI=1S/C25H32ClN3O3S/c1-19-11-14-28(15-12-19)17-20-6-5-13-29(18-20)25(30)21-7-4-8-22(16-21)33(31,32)27-24-10-3-2-9-23(24)26/h2-4,7-10,16,19-20,27H,5-6,11-15,17-18H2,1H3. The van der Waals surface area contributed by atoms with Gasteiger partial charge in [-0.25, -0.2) is 8.42 Å². The maximum Gasteiger partial charge on any atom is 0.261 e. The van der Waals surface area contributed by atoms with E-state index in [-0.39, 0.29) is 10.8 Å². The van der Waals surface area contributed by atoms with E-state index < -0.39 is 10.0 Å². The fraction of sp³-hybridized carbons (Fsp3) is 0.480. The number of rotatable bonds is 6. The van der Waals surface area contributed by atoms with Crippen LogP contribution in [0.1, 0.15) is 43.0 Å². The Morgan fingerprint density at radius 2 is 1.82 bits per heavy atom. The number of likely N-dealkylation sites (tertiary alicyclic amines) is 2. The van der Waals surface area contributed by atoms with Crippen molar-refractivity contribution in [2.45, 2.75) is 37.5 Å². The first kappa shape index (κ1) is 24.0. The zero-order valence-corrected chi connectivity index (χ0v) is 20.6. The first-order chi connectivity index (χ1) is 15.8. The molecule has 178 valence electrons. The lowest BCUT2D eigenvalue weighted by Gasteiger charge is -2.38. The summed E-state index contributed by atoms with van der Waals surface area (Å²) in [5.74, 6) is 1.16. The van der Waals surface area contributed by atoms with Gasteiger partial charge in [0.15, 0.2) is 0 Å². The van der Waals surface area contributed by atoms with Crippen molar-refractivity contribution in [1.82, 2.24) is 9.80 Å². The molecular formula is C25H32ClN3O3S. The number of para-hydroxylation sites is 1. The van der Waals surface area contributed by atoms with Crippen molar-refractivity contribution >= 4 is 33.2 Å². The number of nitrogens with zero attached hydrogens (tertiary/aromatic N) is 2. The van der Waals surface area contributed by atoms with Crippen LogP contribution >= 0.6 is 11.6 Å². The van der Waals surface area contributed by atoms with Gasteiger partial charge in [-0.2, -0.15) is 0 Å². The number of carbonyl (C=O) groups is 1. The normalized spacial score (nSPS) is 20.5. The number of piperidine rings is 2. The molecule has 1 atom stereocenters.